The van der Waals surface area contributed by atoms with Crippen molar-refractivity contribution in [3.63, 3.8) is 0 Å². The van der Waals surface area contributed by atoms with Gasteiger partial charge in [-0.05, 0) is 60.9 Å². The quantitative estimate of drug-likeness (QED) is 0.339. The summed E-state index contributed by atoms with van der Waals surface area (Å²) in [7, 11) is 0. The molecule has 1 saturated heterocycles. The number of ether oxygens (including phenoxy) is 1. The predicted molar refractivity (Wildman–Crippen MR) is 149 cm³/mol. The molecule has 40 heavy (non-hydrogen) atoms. The number of fused-ring (bicyclic) bond motifs is 2. The molecule has 0 aromatic heterocycles. The Morgan fingerprint density at radius 1 is 1.07 bits per heavy atom. The summed E-state index contributed by atoms with van der Waals surface area (Å²) in [5, 5.41) is 17.2. The first-order valence-electron chi connectivity index (χ1n) is 12.8. The van der Waals surface area contributed by atoms with E-state index in [0.29, 0.717) is 41.3 Å². The highest BCUT2D eigenvalue weighted by atomic mass is 35.5. The van der Waals surface area contributed by atoms with E-state index in [1.54, 1.807) is 23.1 Å². The first-order valence-corrected chi connectivity index (χ1v) is 13.1. The van der Waals surface area contributed by atoms with Gasteiger partial charge >= 0.3 is 12.2 Å². The Labute approximate surface area is 235 Å². The van der Waals surface area contributed by atoms with Crippen LogP contribution in [0, 0.1) is 0 Å². The smallest absolute Gasteiger partial charge is 0.412 e. The zero-order chi connectivity index (χ0) is 28.3. The molecule has 2 aliphatic heterocycles. The third-order valence-electron chi connectivity index (χ3n) is 7.05. The minimum Gasteiger partial charge on any atom is -0.465 e. The highest BCUT2D eigenvalue weighted by molar-refractivity contribution is 6.30. The van der Waals surface area contributed by atoms with Gasteiger partial charge in [-0.2, -0.15) is 0 Å². The van der Waals surface area contributed by atoms with E-state index in [4.69, 9.17) is 21.4 Å². The first-order chi connectivity index (χ1) is 19.2. The van der Waals surface area contributed by atoms with Crippen molar-refractivity contribution in [2.24, 2.45) is 0 Å². The molecule has 11 heteroatoms. The fourth-order valence-electron chi connectivity index (χ4n) is 5.22. The summed E-state index contributed by atoms with van der Waals surface area (Å²) < 4.78 is 5.83. The van der Waals surface area contributed by atoms with E-state index in [-0.39, 0.29) is 24.4 Å². The van der Waals surface area contributed by atoms with Crippen LogP contribution in [0.15, 0.2) is 72.8 Å². The molecule has 4 amide bonds. The van der Waals surface area contributed by atoms with Crippen LogP contribution in [0.25, 0.3) is 0 Å². The number of halogens is 1. The van der Waals surface area contributed by atoms with Crippen molar-refractivity contribution in [1.29, 1.82) is 0 Å². The number of carboxylic acid groups (broad SMARTS) is 1. The number of benzene rings is 3. The Balaban J connectivity index is 1.40. The lowest BCUT2D eigenvalue weighted by molar-refractivity contribution is -0.141. The maximum Gasteiger partial charge on any atom is 0.412 e. The van der Waals surface area contributed by atoms with Crippen molar-refractivity contribution < 1.29 is 29.0 Å². The van der Waals surface area contributed by atoms with Gasteiger partial charge in [0, 0.05) is 34.8 Å². The van der Waals surface area contributed by atoms with Crippen LogP contribution in [0.5, 0.6) is 0 Å². The molecule has 1 fully saturated rings. The molecule has 2 aliphatic rings. The second-order valence-electron chi connectivity index (χ2n) is 9.79. The Morgan fingerprint density at radius 2 is 1.82 bits per heavy atom. The number of piperidine rings is 1. The van der Waals surface area contributed by atoms with Crippen LogP contribution in [-0.4, -0.2) is 53.1 Å². The van der Waals surface area contributed by atoms with Gasteiger partial charge in [-0.25, -0.2) is 9.59 Å². The summed E-state index contributed by atoms with van der Waals surface area (Å²) in [5.74, 6) is -0.785. The molecule has 2 heterocycles. The number of nitrogens with zero attached hydrogens (tertiary/aromatic N) is 1. The van der Waals surface area contributed by atoms with Crippen molar-refractivity contribution in [3.8, 4) is 0 Å². The molecule has 206 valence electrons. The van der Waals surface area contributed by atoms with Crippen molar-refractivity contribution >= 4 is 47.0 Å². The van der Waals surface area contributed by atoms with Crippen molar-refractivity contribution in [2.75, 3.05) is 23.7 Å². The van der Waals surface area contributed by atoms with Gasteiger partial charge < -0.3 is 20.1 Å². The number of carbonyl (C=O) groups excluding carboxylic acids is 3. The van der Waals surface area contributed by atoms with Crippen molar-refractivity contribution in [2.45, 2.75) is 30.9 Å². The standard InChI is InChI=1S/C29H27ClN4O6/c30-20-9-12-23-22(16-20)29(40-28(39)33-23)13-4-14-34(17-29)26(36)24(15-18-5-2-1-3-6-18)32-25(35)19-7-10-21(11-8-19)31-27(37)38/h1-3,5-12,16,24,31H,4,13-15,17H2,(H,32,35)(H,33,39)(H,37,38)/t24-,29+/m0/s1. The molecule has 0 radical (unpaired) electrons. The van der Waals surface area contributed by atoms with Crippen LogP contribution in [0.4, 0.5) is 21.0 Å². The molecule has 0 unspecified atom stereocenters. The normalized spacial score (nSPS) is 18.6. The summed E-state index contributed by atoms with van der Waals surface area (Å²) in [5.41, 5.74) is 1.68. The summed E-state index contributed by atoms with van der Waals surface area (Å²) in [6, 6.07) is 19.5. The minimum atomic E-state index is -1.21. The second kappa shape index (κ2) is 11.3. The lowest BCUT2D eigenvalue weighted by Gasteiger charge is -2.45. The third kappa shape index (κ3) is 5.86. The molecule has 0 aliphatic carbocycles. The number of likely N-dealkylation sites (tertiary alicyclic amines) is 1. The number of hydrogen-bond acceptors (Lipinski definition) is 5. The average Bonchev–Trinajstić information content (AvgIpc) is 2.93. The number of hydrogen-bond donors (Lipinski definition) is 4. The van der Waals surface area contributed by atoms with Gasteiger partial charge in [0.15, 0.2) is 5.60 Å². The van der Waals surface area contributed by atoms with E-state index in [9.17, 15) is 19.2 Å². The van der Waals surface area contributed by atoms with Gasteiger partial charge in [-0.15, -0.1) is 0 Å². The van der Waals surface area contributed by atoms with Crippen LogP contribution in [0.1, 0.15) is 34.3 Å². The van der Waals surface area contributed by atoms with Crippen LogP contribution in [0.3, 0.4) is 0 Å². The van der Waals surface area contributed by atoms with Gasteiger partial charge in [0.05, 0.1) is 12.2 Å². The molecule has 2 atom stereocenters. The monoisotopic (exact) mass is 562 g/mol. The lowest BCUT2D eigenvalue weighted by Crippen LogP contribution is -2.57. The van der Waals surface area contributed by atoms with Crippen LogP contribution in [-0.2, 0) is 21.6 Å². The number of amides is 4. The Morgan fingerprint density at radius 3 is 2.55 bits per heavy atom. The van der Waals surface area contributed by atoms with Gasteiger partial charge in [-0.1, -0.05) is 41.9 Å². The molecular formula is C29H27ClN4O6. The zero-order valence-electron chi connectivity index (χ0n) is 21.4. The molecule has 0 saturated carbocycles. The highest BCUT2D eigenvalue weighted by Gasteiger charge is 2.47. The Kier molecular flexibility index (Phi) is 7.61. The minimum absolute atomic E-state index is 0.114. The summed E-state index contributed by atoms with van der Waals surface area (Å²) in [6.45, 7) is 0.543. The molecule has 3 aromatic rings. The average molecular weight is 563 g/mol. The number of anilines is 2. The largest absolute Gasteiger partial charge is 0.465 e. The zero-order valence-corrected chi connectivity index (χ0v) is 22.1. The Bertz CT molecular complexity index is 1450. The molecule has 10 nitrogen and oxygen atoms in total. The topological polar surface area (TPSA) is 137 Å². The molecule has 5 rings (SSSR count). The summed E-state index contributed by atoms with van der Waals surface area (Å²) in [6.07, 6.45) is -0.468. The van der Waals surface area contributed by atoms with E-state index < -0.39 is 29.7 Å². The summed E-state index contributed by atoms with van der Waals surface area (Å²) >= 11 is 6.28. The van der Waals surface area contributed by atoms with E-state index in [0.717, 1.165) is 5.56 Å². The molecule has 4 N–H and O–H groups in total. The fraction of sp³-hybridized carbons (Fsp3) is 0.241. The maximum atomic E-state index is 14.0. The second-order valence-corrected chi connectivity index (χ2v) is 10.2. The van der Waals surface area contributed by atoms with E-state index >= 15 is 0 Å². The van der Waals surface area contributed by atoms with Gasteiger partial charge in [-0.3, -0.25) is 20.2 Å². The predicted octanol–water partition coefficient (Wildman–Crippen LogP) is 4.85. The maximum absolute atomic E-state index is 14.0. The molecule has 0 bridgehead atoms. The van der Waals surface area contributed by atoms with Crippen molar-refractivity contribution in [1.82, 2.24) is 10.2 Å². The fourth-order valence-corrected chi connectivity index (χ4v) is 5.40. The summed E-state index contributed by atoms with van der Waals surface area (Å²) in [4.78, 5) is 52.1. The van der Waals surface area contributed by atoms with Crippen LogP contribution < -0.4 is 16.0 Å². The number of carbonyl (C=O) groups is 4. The number of nitrogens with one attached hydrogen (secondary N) is 3. The SMILES string of the molecule is O=C(O)Nc1ccc(C(=O)N[C@@H](Cc2ccccc2)C(=O)N2CCC[C@]3(C2)OC(=O)Nc2ccc(Cl)cc23)cc1. The van der Waals surface area contributed by atoms with Crippen LogP contribution >= 0.6 is 11.6 Å². The van der Waals surface area contributed by atoms with Gasteiger partial charge in [0.25, 0.3) is 5.91 Å². The van der Waals surface area contributed by atoms with Gasteiger partial charge in [0.2, 0.25) is 5.91 Å². The Hall–Kier alpha value is -4.57. The third-order valence-corrected chi connectivity index (χ3v) is 7.28. The van der Waals surface area contributed by atoms with Crippen molar-refractivity contribution in [3.05, 3.63) is 94.5 Å². The molecular weight excluding hydrogens is 536 g/mol. The highest BCUT2D eigenvalue weighted by Crippen LogP contribution is 2.43. The number of rotatable bonds is 6. The van der Waals surface area contributed by atoms with Gasteiger partial charge in [0.1, 0.15) is 6.04 Å². The van der Waals surface area contributed by atoms with E-state index in [2.05, 4.69) is 16.0 Å². The molecule has 1 spiro atoms. The van der Waals surface area contributed by atoms with E-state index in [1.165, 1.54) is 24.3 Å². The van der Waals surface area contributed by atoms with Crippen LogP contribution in [0.2, 0.25) is 5.02 Å². The van der Waals surface area contributed by atoms with E-state index in [1.807, 2.05) is 30.3 Å². The molecule has 3 aromatic carbocycles. The first kappa shape index (κ1) is 27.0. The lowest BCUT2D eigenvalue weighted by atomic mass is 9.83.